The minimum absolute atomic E-state index is 0.0290. The van der Waals surface area contributed by atoms with Gasteiger partial charge in [-0.15, -0.1) is 0 Å². The van der Waals surface area contributed by atoms with Crippen LogP contribution in [0.5, 0.6) is 0 Å². The molecule has 94 valence electrons. The van der Waals surface area contributed by atoms with Gasteiger partial charge in [-0.3, -0.25) is 4.79 Å². The van der Waals surface area contributed by atoms with E-state index in [0.717, 1.165) is 0 Å². The van der Waals surface area contributed by atoms with Crippen molar-refractivity contribution in [3.05, 3.63) is 24.0 Å². The number of nitrogens with zero attached hydrogens (tertiary/aromatic N) is 1. The smallest absolute Gasteiger partial charge is 0.241 e. The van der Waals surface area contributed by atoms with E-state index in [4.69, 9.17) is 5.73 Å². The molecule has 0 saturated carbocycles. The minimum atomic E-state index is -0.481. The number of hydrogen-bond donors (Lipinski definition) is 2. The van der Waals surface area contributed by atoms with Crippen molar-refractivity contribution >= 4 is 17.3 Å². The molecule has 1 amide bonds. The molecular formula is C12H18FN3O. The number of nitrogen functional groups attached to an aromatic ring is 1. The molecule has 0 fully saturated rings. The van der Waals surface area contributed by atoms with Crippen LogP contribution in [-0.4, -0.2) is 30.4 Å². The van der Waals surface area contributed by atoms with E-state index in [-0.39, 0.29) is 18.1 Å². The molecule has 0 atom stereocenters. The molecule has 1 rings (SSSR count). The molecule has 4 nitrogen and oxygen atoms in total. The zero-order valence-corrected chi connectivity index (χ0v) is 10.2. The van der Waals surface area contributed by atoms with Gasteiger partial charge >= 0.3 is 0 Å². The van der Waals surface area contributed by atoms with E-state index in [9.17, 15) is 9.18 Å². The number of rotatable bonds is 5. The lowest BCUT2D eigenvalue weighted by Gasteiger charge is -2.19. The van der Waals surface area contributed by atoms with Crippen molar-refractivity contribution < 1.29 is 9.18 Å². The van der Waals surface area contributed by atoms with Crippen molar-refractivity contribution in [2.75, 3.05) is 30.7 Å². The number of likely N-dealkylation sites (N-methyl/N-ethyl adjacent to an activating group) is 1. The molecule has 1 aromatic rings. The summed E-state index contributed by atoms with van der Waals surface area (Å²) in [5, 5.41) is 2.85. The Morgan fingerprint density at radius 1 is 1.41 bits per heavy atom. The Morgan fingerprint density at radius 2 is 2.06 bits per heavy atom. The molecule has 0 aliphatic carbocycles. The van der Waals surface area contributed by atoms with Crippen LogP contribution in [0.2, 0.25) is 0 Å². The number of carbonyl (C=O) groups excluding carboxylic acids is 1. The predicted octanol–water partition coefficient (Wildman–Crippen LogP) is 1.69. The van der Waals surface area contributed by atoms with Crippen LogP contribution in [0, 0.1) is 5.82 Å². The first-order valence-electron chi connectivity index (χ1n) is 5.65. The van der Waals surface area contributed by atoms with Crippen molar-refractivity contribution in [3.8, 4) is 0 Å². The third-order valence-electron chi connectivity index (χ3n) is 2.60. The number of nitrogens with one attached hydrogen (secondary N) is 1. The lowest BCUT2D eigenvalue weighted by atomic mass is 10.2. The third-order valence-corrected chi connectivity index (χ3v) is 2.60. The van der Waals surface area contributed by atoms with E-state index in [0.29, 0.717) is 18.8 Å². The molecule has 0 heterocycles. The highest BCUT2D eigenvalue weighted by Crippen LogP contribution is 2.20. The van der Waals surface area contributed by atoms with Crippen LogP contribution in [0.15, 0.2) is 18.2 Å². The summed E-state index contributed by atoms with van der Waals surface area (Å²) in [7, 11) is 0. The van der Waals surface area contributed by atoms with Crippen molar-refractivity contribution in [1.29, 1.82) is 0 Å². The highest BCUT2D eigenvalue weighted by atomic mass is 19.1. The first kappa shape index (κ1) is 13.3. The van der Waals surface area contributed by atoms with Crippen LogP contribution in [-0.2, 0) is 4.79 Å². The molecule has 0 radical (unpaired) electrons. The molecule has 0 bridgehead atoms. The number of benzene rings is 1. The normalized spacial score (nSPS) is 10.1. The molecule has 0 saturated heterocycles. The Balaban J connectivity index is 2.61. The van der Waals surface area contributed by atoms with Gasteiger partial charge < -0.3 is 16.0 Å². The van der Waals surface area contributed by atoms with Crippen LogP contribution in [0.1, 0.15) is 13.8 Å². The highest BCUT2D eigenvalue weighted by Gasteiger charge is 2.10. The van der Waals surface area contributed by atoms with E-state index in [2.05, 4.69) is 5.32 Å². The molecule has 17 heavy (non-hydrogen) atoms. The molecule has 3 N–H and O–H groups in total. The van der Waals surface area contributed by atoms with Crippen LogP contribution >= 0.6 is 0 Å². The quantitative estimate of drug-likeness (QED) is 0.769. The molecule has 0 spiro atoms. The maximum Gasteiger partial charge on any atom is 0.241 e. The van der Waals surface area contributed by atoms with Gasteiger partial charge in [-0.25, -0.2) is 4.39 Å². The number of amides is 1. The Labute approximate surface area is 101 Å². The summed E-state index contributed by atoms with van der Waals surface area (Å²) >= 11 is 0. The second-order valence-electron chi connectivity index (χ2n) is 3.62. The molecular weight excluding hydrogens is 221 g/mol. The second kappa shape index (κ2) is 6.08. The largest absolute Gasteiger partial charge is 0.395 e. The maximum absolute atomic E-state index is 13.1. The van der Waals surface area contributed by atoms with Crippen LogP contribution in [0.3, 0.4) is 0 Å². The van der Waals surface area contributed by atoms with Gasteiger partial charge in [0.1, 0.15) is 5.82 Å². The Morgan fingerprint density at radius 3 is 2.65 bits per heavy atom. The summed E-state index contributed by atoms with van der Waals surface area (Å²) in [6.45, 7) is 5.27. The molecule has 1 aromatic carbocycles. The fourth-order valence-corrected chi connectivity index (χ4v) is 1.55. The first-order valence-corrected chi connectivity index (χ1v) is 5.65. The SMILES string of the molecule is CCN(CC)C(=O)CNc1cccc(F)c1N. The van der Waals surface area contributed by atoms with Gasteiger partial charge in [-0.05, 0) is 26.0 Å². The van der Waals surface area contributed by atoms with Crippen molar-refractivity contribution in [1.82, 2.24) is 4.90 Å². The van der Waals surface area contributed by atoms with E-state index in [1.54, 1.807) is 17.0 Å². The highest BCUT2D eigenvalue weighted by molar-refractivity contribution is 5.82. The second-order valence-corrected chi connectivity index (χ2v) is 3.62. The monoisotopic (exact) mass is 239 g/mol. The number of nitrogens with two attached hydrogens (primary N) is 1. The number of para-hydroxylation sites is 1. The maximum atomic E-state index is 13.1. The van der Waals surface area contributed by atoms with E-state index >= 15 is 0 Å². The van der Waals surface area contributed by atoms with E-state index in [1.807, 2.05) is 13.8 Å². The van der Waals surface area contributed by atoms with Gasteiger partial charge in [-0.2, -0.15) is 0 Å². The van der Waals surface area contributed by atoms with Crippen molar-refractivity contribution in [2.45, 2.75) is 13.8 Å². The van der Waals surface area contributed by atoms with Crippen LogP contribution in [0.25, 0.3) is 0 Å². The van der Waals surface area contributed by atoms with Crippen molar-refractivity contribution in [2.24, 2.45) is 0 Å². The molecule has 0 aliphatic rings. The van der Waals surface area contributed by atoms with Crippen molar-refractivity contribution in [3.63, 3.8) is 0 Å². The topological polar surface area (TPSA) is 58.4 Å². The standard InChI is InChI=1S/C12H18FN3O/c1-3-16(4-2)11(17)8-15-10-7-5-6-9(13)12(10)14/h5-7,15H,3-4,8,14H2,1-2H3. The zero-order chi connectivity index (χ0) is 12.8. The molecule has 5 heteroatoms. The Hall–Kier alpha value is -1.78. The van der Waals surface area contributed by atoms with E-state index in [1.165, 1.54) is 6.07 Å². The third kappa shape index (κ3) is 3.34. The number of hydrogen-bond acceptors (Lipinski definition) is 3. The molecule has 0 aliphatic heterocycles. The van der Waals surface area contributed by atoms with Gasteiger partial charge in [0.15, 0.2) is 0 Å². The summed E-state index contributed by atoms with van der Waals surface area (Å²) in [6, 6.07) is 4.48. The summed E-state index contributed by atoms with van der Waals surface area (Å²) in [5.74, 6) is -0.510. The lowest BCUT2D eigenvalue weighted by molar-refractivity contribution is -0.128. The van der Waals surface area contributed by atoms with Gasteiger partial charge in [0.25, 0.3) is 0 Å². The summed E-state index contributed by atoms with van der Waals surface area (Å²) in [5.41, 5.74) is 6.04. The average molecular weight is 239 g/mol. The summed E-state index contributed by atoms with van der Waals surface area (Å²) in [4.78, 5) is 13.4. The zero-order valence-electron chi connectivity index (χ0n) is 10.2. The lowest BCUT2D eigenvalue weighted by Crippen LogP contribution is -2.35. The fraction of sp³-hybridized carbons (Fsp3) is 0.417. The summed E-state index contributed by atoms with van der Waals surface area (Å²) in [6.07, 6.45) is 0. The first-order chi connectivity index (χ1) is 8.10. The number of carbonyl (C=O) groups is 1. The number of halogens is 1. The van der Waals surface area contributed by atoms with E-state index < -0.39 is 5.82 Å². The minimum Gasteiger partial charge on any atom is -0.395 e. The van der Waals surface area contributed by atoms with Gasteiger partial charge in [0.05, 0.1) is 17.9 Å². The van der Waals surface area contributed by atoms with Gasteiger partial charge in [0.2, 0.25) is 5.91 Å². The van der Waals surface area contributed by atoms with Gasteiger partial charge in [0, 0.05) is 13.1 Å². The number of anilines is 2. The summed E-state index contributed by atoms with van der Waals surface area (Å²) < 4.78 is 13.1. The Kier molecular flexibility index (Phi) is 4.75. The fourth-order valence-electron chi connectivity index (χ4n) is 1.55. The predicted molar refractivity (Wildman–Crippen MR) is 67.2 cm³/mol. The Bertz CT molecular complexity index is 391. The molecule has 0 aromatic heterocycles. The van der Waals surface area contributed by atoms with Gasteiger partial charge in [-0.1, -0.05) is 6.07 Å². The molecule has 0 unspecified atom stereocenters. The van der Waals surface area contributed by atoms with Crippen LogP contribution < -0.4 is 11.1 Å². The average Bonchev–Trinajstić information content (AvgIpc) is 2.32. The van der Waals surface area contributed by atoms with Crippen LogP contribution in [0.4, 0.5) is 15.8 Å².